The molecule has 1 atom stereocenters. The first-order valence-electron chi connectivity index (χ1n) is 3.87. The van der Waals surface area contributed by atoms with E-state index in [1.807, 2.05) is 0 Å². The molecule has 62 valence electrons. The zero-order valence-corrected chi connectivity index (χ0v) is 10.7. The van der Waals surface area contributed by atoms with Gasteiger partial charge in [0.25, 0.3) is 0 Å². The van der Waals surface area contributed by atoms with Crippen molar-refractivity contribution in [1.29, 1.82) is 0 Å². The number of fused-ring (bicyclic) bond motifs is 1. The van der Waals surface area contributed by atoms with Crippen molar-refractivity contribution in [1.82, 2.24) is 0 Å². The van der Waals surface area contributed by atoms with Crippen molar-refractivity contribution >= 4 is 45.2 Å². The van der Waals surface area contributed by atoms with E-state index in [-0.39, 0.29) is 0 Å². The Labute approximate surface area is 99.8 Å². The van der Waals surface area contributed by atoms with E-state index in [9.17, 15) is 0 Å². The predicted octanol–water partition coefficient (Wildman–Crippen LogP) is 4.14. The van der Waals surface area contributed by atoms with Crippen LogP contribution in [-0.4, -0.2) is 0 Å². The Hall–Kier alpha value is 0.420. The monoisotopic (exact) mass is 382 g/mol. The molecular weight excluding hydrogens is 374 g/mol. The maximum Gasteiger partial charge on any atom is 0.0130 e. The number of rotatable bonds is 0. The molecule has 0 fully saturated rings. The molecule has 0 amide bonds. The molecular formula is C10H8I2. The lowest BCUT2D eigenvalue weighted by Gasteiger charge is -2.20. The van der Waals surface area contributed by atoms with Crippen molar-refractivity contribution in [3.63, 3.8) is 0 Å². The summed E-state index contributed by atoms with van der Waals surface area (Å²) >= 11 is 4.77. The highest BCUT2D eigenvalue weighted by Gasteiger charge is 2.16. The van der Waals surface area contributed by atoms with E-state index in [0.29, 0.717) is 5.92 Å². The van der Waals surface area contributed by atoms with E-state index in [1.165, 1.54) is 19.2 Å². The van der Waals surface area contributed by atoms with E-state index in [0.717, 1.165) is 0 Å². The summed E-state index contributed by atoms with van der Waals surface area (Å²) in [5.41, 5.74) is 1.46. The fourth-order valence-corrected chi connectivity index (χ4v) is 2.68. The highest BCUT2D eigenvalue weighted by molar-refractivity contribution is 14.1. The van der Waals surface area contributed by atoms with Crippen molar-refractivity contribution in [3.05, 3.63) is 43.1 Å². The molecule has 0 saturated heterocycles. The Kier molecular flexibility index (Phi) is 2.74. The molecule has 0 nitrogen and oxygen atoms in total. The molecule has 0 N–H and O–H groups in total. The average molecular weight is 382 g/mol. The van der Waals surface area contributed by atoms with Crippen LogP contribution in [0.1, 0.15) is 6.42 Å². The van der Waals surface area contributed by atoms with Crippen molar-refractivity contribution in [2.45, 2.75) is 6.42 Å². The third kappa shape index (κ3) is 1.84. The molecule has 2 aliphatic carbocycles. The van der Waals surface area contributed by atoms with Gasteiger partial charge in [-0.2, -0.15) is 0 Å². The van der Waals surface area contributed by atoms with Crippen molar-refractivity contribution < 1.29 is 0 Å². The molecule has 0 aliphatic heterocycles. The lowest BCUT2D eigenvalue weighted by atomic mass is 9.88. The number of halogens is 2. The smallest absolute Gasteiger partial charge is 0.0130 e. The lowest BCUT2D eigenvalue weighted by molar-refractivity contribution is 0.776. The average Bonchev–Trinajstić information content (AvgIpc) is 2.05. The van der Waals surface area contributed by atoms with Crippen molar-refractivity contribution in [2.24, 2.45) is 5.92 Å². The van der Waals surface area contributed by atoms with Crippen LogP contribution in [0, 0.1) is 5.92 Å². The summed E-state index contributed by atoms with van der Waals surface area (Å²) in [5.74, 6) is 0.639. The molecule has 0 aromatic heterocycles. The Morgan fingerprint density at radius 1 is 1.25 bits per heavy atom. The first kappa shape index (κ1) is 8.99. The van der Waals surface area contributed by atoms with Crippen molar-refractivity contribution in [2.75, 3.05) is 0 Å². The third-order valence-electron chi connectivity index (χ3n) is 2.09. The van der Waals surface area contributed by atoms with E-state index in [4.69, 9.17) is 0 Å². The summed E-state index contributed by atoms with van der Waals surface area (Å²) in [6.45, 7) is 0. The van der Waals surface area contributed by atoms with Gasteiger partial charge in [-0.05, 0) is 66.8 Å². The molecule has 0 spiro atoms. The second kappa shape index (κ2) is 3.65. The minimum Gasteiger partial charge on any atom is -0.0756 e. The SMILES string of the molecule is IC1=CC2=CC=C(I)CC2C=C1. The van der Waals surface area contributed by atoms with Crippen molar-refractivity contribution in [3.8, 4) is 0 Å². The standard InChI is InChI=1S/C10H8I2/c11-9-3-1-7-5-10(12)4-2-8(7)6-9/h1-5,8H,6H2. The highest BCUT2D eigenvalue weighted by Crippen LogP contribution is 2.34. The third-order valence-corrected chi connectivity index (χ3v) is 3.56. The van der Waals surface area contributed by atoms with Crippen LogP contribution < -0.4 is 0 Å². The predicted molar refractivity (Wildman–Crippen MR) is 69.5 cm³/mol. The summed E-state index contributed by atoms with van der Waals surface area (Å²) in [6.07, 6.45) is 12.4. The van der Waals surface area contributed by atoms with Crippen LogP contribution >= 0.6 is 45.2 Å². The van der Waals surface area contributed by atoms with Gasteiger partial charge in [-0.1, -0.05) is 24.3 Å². The molecule has 2 rings (SSSR count). The summed E-state index contributed by atoms with van der Waals surface area (Å²) < 4.78 is 2.79. The number of hydrogen-bond donors (Lipinski definition) is 0. The van der Waals surface area contributed by atoms with Crippen LogP contribution in [0.3, 0.4) is 0 Å². The van der Waals surface area contributed by atoms with Gasteiger partial charge in [0.15, 0.2) is 0 Å². The van der Waals surface area contributed by atoms with Gasteiger partial charge in [0, 0.05) is 9.50 Å². The number of hydrogen-bond acceptors (Lipinski definition) is 0. The Morgan fingerprint density at radius 2 is 2.08 bits per heavy atom. The molecule has 1 unspecified atom stereocenters. The summed E-state index contributed by atoms with van der Waals surface area (Å²) in [7, 11) is 0. The molecule has 0 aromatic rings. The van der Waals surface area contributed by atoms with Crippen LogP contribution in [0.2, 0.25) is 0 Å². The molecule has 0 aromatic carbocycles. The largest absolute Gasteiger partial charge is 0.0756 e. The first-order valence-corrected chi connectivity index (χ1v) is 6.03. The van der Waals surface area contributed by atoms with Gasteiger partial charge in [-0.15, -0.1) is 0 Å². The zero-order valence-electron chi connectivity index (χ0n) is 6.43. The van der Waals surface area contributed by atoms with E-state index >= 15 is 0 Å². The topological polar surface area (TPSA) is 0 Å². The summed E-state index contributed by atoms with van der Waals surface area (Å²) in [6, 6.07) is 0. The van der Waals surface area contributed by atoms with Gasteiger partial charge < -0.3 is 0 Å². The van der Waals surface area contributed by atoms with E-state index < -0.39 is 0 Å². The molecule has 0 heterocycles. The minimum atomic E-state index is 0.639. The Bertz CT molecular complexity index is 319. The molecule has 0 bridgehead atoms. The van der Waals surface area contributed by atoms with Crippen LogP contribution in [0.4, 0.5) is 0 Å². The van der Waals surface area contributed by atoms with E-state index in [2.05, 4.69) is 75.6 Å². The van der Waals surface area contributed by atoms with Crippen LogP contribution in [0.25, 0.3) is 0 Å². The van der Waals surface area contributed by atoms with Gasteiger partial charge in [0.1, 0.15) is 0 Å². The molecule has 2 heteroatoms. The van der Waals surface area contributed by atoms with Gasteiger partial charge in [-0.3, -0.25) is 0 Å². The highest BCUT2D eigenvalue weighted by atomic mass is 127. The normalized spacial score (nSPS) is 27.2. The molecule has 0 radical (unpaired) electrons. The number of allylic oxidation sites excluding steroid dienone is 8. The second-order valence-corrected chi connectivity index (χ2v) is 5.61. The van der Waals surface area contributed by atoms with Crippen LogP contribution in [0.5, 0.6) is 0 Å². The van der Waals surface area contributed by atoms with Gasteiger partial charge in [0.05, 0.1) is 0 Å². The molecule has 0 saturated carbocycles. The Balaban J connectivity index is 2.35. The summed E-state index contributed by atoms with van der Waals surface area (Å²) in [4.78, 5) is 0. The maximum absolute atomic E-state index is 2.41. The van der Waals surface area contributed by atoms with Crippen LogP contribution in [0.15, 0.2) is 43.1 Å². The van der Waals surface area contributed by atoms with Gasteiger partial charge >= 0.3 is 0 Å². The van der Waals surface area contributed by atoms with Gasteiger partial charge in [-0.25, -0.2) is 0 Å². The zero-order chi connectivity index (χ0) is 8.55. The lowest BCUT2D eigenvalue weighted by Crippen LogP contribution is -2.05. The van der Waals surface area contributed by atoms with Gasteiger partial charge in [0.2, 0.25) is 0 Å². The Morgan fingerprint density at radius 3 is 2.92 bits per heavy atom. The summed E-state index contributed by atoms with van der Waals surface area (Å²) in [5, 5.41) is 0. The van der Waals surface area contributed by atoms with E-state index in [1.54, 1.807) is 0 Å². The fourth-order valence-electron chi connectivity index (χ4n) is 1.46. The fraction of sp³-hybridized carbons (Fsp3) is 0.200. The quantitative estimate of drug-likeness (QED) is 0.553. The maximum atomic E-state index is 2.41. The molecule has 2 aliphatic rings. The molecule has 12 heavy (non-hydrogen) atoms. The second-order valence-electron chi connectivity index (χ2n) is 2.98. The minimum absolute atomic E-state index is 0.639. The first-order chi connectivity index (χ1) is 5.75. The van der Waals surface area contributed by atoms with Crippen LogP contribution in [-0.2, 0) is 0 Å².